The SMILES string of the molecule is COCCC(NC(=O)N1CC(=O)NC2=C1N=CCC2)c1ccc(OC(F)(F)F)cc1. The van der Waals surface area contributed by atoms with Gasteiger partial charge in [0.05, 0.1) is 11.7 Å². The average Bonchev–Trinajstić information content (AvgIpc) is 2.69. The van der Waals surface area contributed by atoms with Crippen LogP contribution < -0.4 is 15.4 Å². The summed E-state index contributed by atoms with van der Waals surface area (Å²) >= 11 is 0. The number of rotatable bonds is 6. The summed E-state index contributed by atoms with van der Waals surface area (Å²) < 4.78 is 46.0. The third-order valence-corrected chi connectivity index (χ3v) is 4.52. The molecular formula is C19H21F3N4O4. The van der Waals surface area contributed by atoms with Crippen molar-refractivity contribution in [2.75, 3.05) is 20.3 Å². The quantitative estimate of drug-likeness (QED) is 0.732. The molecule has 1 atom stereocenters. The van der Waals surface area contributed by atoms with Gasteiger partial charge in [0.15, 0.2) is 5.82 Å². The van der Waals surface area contributed by atoms with Crippen LogP contribution in [0.1, 0.15) is 30.9 Å². The van der Waals surface area contributed by atoms with Crippen molar-refractivity contribution in [3.8, 4) is 5.75 Å². The molecule has 8 nitrogen and oxygen atoms in total. The Labute approximate surface area is 170 Å². The summed E-state index contributed by atoms with van der Waals surface area (Å²) in [4.78, 5) is 30.4. The molecule has 0 radical (unpaired) electrons. The van der Waals surface area contributed by atoms with Crippen molar-refractivity contribution in [2.45, 2.75) is 31.7 Å². The van der Waals surface area contributed by atoms with E-state index in [0.29, 0.717) is 43.0 Å². The first kappa shape index (κ1) is 21.6. The number of carbonyl (C=O) groups excluding carboxylic acids is 2. The molecule has 1 aromatic carbocycles. The highest BCUT2D eigenvalue weighted by Crippen LogP contribution is 2.27. The van der Waals surface area contributed by atoms with Gasteiger partial charge in [0, 0.05) is 19.9 Å². The fraction of sp³-hybridized carbons (Fsp3) is 0.421. The number of carbonyl (C=O) groups is 2. The Morgan fingerprint density at radius 1 is 1.33 bits per heavy atom. The molecule has 0 saturated carbocycles. The topological polar surface area (TPSA) is 92.3 Å². The van der Waals surface area contributed by atoms with E-state index in [1.807, 2.05) is 0 Å². The number of alkyl halides is 3. The first-order chi connectivity index (χ1) is 14.3. The number of aliphatic imine (C=N–C) groups is 1. The maximum Gasteiger partial charge on any atom is 0.573 e. The zero-order valence-electron chi connectivity index (χ0n) is 16.2. The lowest BCUT2D eigenvalue weighted by atomic mass is 10.0. The molecule has 2 heterocycles. The molecular weight excluding hydrogens is 405 g/mol. The van der Waals surface area contributed by atoms with Crippen LogP contribution in [0.5, 0.6) is 5.75 Å². The number of hydrogen-bond donors (Lipinski definition) is 2. The Morgan fingerprint density at radius 3 is 2.73 bits per heavy atom. The summed E-state index contributed by atoms with van der Waals surface area (Å²) in [6, 6.07) is 4.14. The van der Waals surface area contributed by atoms with E-state index in [4.69, 9.17) is 4.74 Å². The molecule has 162 valence electrons. The summed E-state index contributed by atoms with van der Waals surface area (Å²) in [6.45, 7) is 0.121. The number of nitrogens with one attached hydrogen (secondary N) is 2. The Balaban J connectivity index is 1.76. The fourth-order valence-corrected chi connectivity index (χ4v) is 3.18. The van der Waals surface area contributed by atoms with E-state index in [1.165, 1.54) is 36.3 Å². The lowest BCUT2D eigenvalue weighted by Crippen LogP contribution is -2.50. The predicted octanol–water partition coefficient (Wildman–Crippen LogP) is 2.84. The van der Waals surface area contributed by atoms with E-state index in [-0.39, 0.29) is 18.2 Å². The van der Waals surface area contributed by atoms with Gasteiger partial charge in [-0.3, -0.25) is 9.69 Å². The van der Waals surface area contributed by atoms with Crippen molar-refractivity contribution in [1.82, 2.24) is 15.5 Å². The van der Waals surface area contributed by atoms with Crippen LogP contribution in [0.15, 0.2) is 40.8 Å². The molecule has 0 bridgehead atoms. The number of hydrogen-bond acceptors (Lipinski definition) is 5. The molecule has 3 amide bonds. The van der Waals surface area contributed by atoms with E-state index in [1.54, 1.807) is 6.21 Å². The maximum absolute atomic E-state index is 12.9. The van der Waals surface area contributed by atoms with E-state index >= 15 is 0 Å². The Morgan fingerprint density at radius 2 is 2.07 bits per heavy atom. The van der Waals surface area contributed by atoms with Crippen LogP contribution >= 0.6 is 0 Å². The molecule has 2 aliphatic heterocycles. The standard InChI is InChI=1S/C19H21F3N4O4/c1-29-10-8-14(12-4-6-13(7-5-12)30-19(20,21)22)25-18(28)26-11-16(27)24-15-3-2-9-23-17(15)26/h4-7,9,14H,2-3,8,10-11H2,1H3,(H,24,27)(H,25,28). The predicted molar refractivity (Wildman–Crippen MR) is 100 cm³/mol. The van der Waals surface area contributed by atoms with E-state index < -0.39 is 18.4 Å². The number of ether oxygens (including phenoxy) is 2. The zero-order valence-corrected chi connectivity index (χ0v) is 16.2. The Kier molecular flexibility index (Phi) is 6.60. The van der Waals surface area contributed by atoms with Crippen molar-refractivity contribution >= 4 is 18.2 Å². The van der Waals surface area contributed by atoms with Gasteiger partial charge in [-0.25, -0.2) is 9.79 Å². The van der Waals surface area contributed by atoms with Crippen LogP contribution in [0.2, 0.25) is 0 Å². The fourth-order valence-electron chi connectivity index (χ4n) is 3.18. The number of allylic oxidation sites excluding steroid dienone is 1. The van der Waals surface area contributed by atoms with Crippen LogP contribution in [0.25, 0.3) is 0 Å². The van der Waals surface area contributed by atoms with Crippen molar-refractivity contribution in [3.05, 3.63) is 41.3 Å². The second-order valence-electron chi connectivity index (χ2n) is 6.69. The Hall–Kier alpha value is -3.08. The first-order valence-corrected chi connectivity index (χ1v) is 9.25. The van der Waals surface area contributed by atoms with Crippen LogP contribution in [0, 0.1) is 0 Å². The number of amides is 3. The molecule has 30 heavy (non-hydrogen) atoms. The first-order valence-electron chi connectivity index (χ1n) is 9.25. The van der Waals surface area contributed by atoms with E-state index in [9.17, 15) is 22.8 Å². The summed E-state index contributed by atoms with van der Waals surface area (Å²) in [6.07, 6.45) is -1.50. The molecule has 3 rings (SSSR count). The summed E-state index contributed by atoms with van der Waals surface area (Å²) in [5, 5.41) is 5.54. The highest BCUT2D eigenvalue weighted by atomic mass is 19.4. The lowest BCUT2D eigenvalue weighted by Gasteiger charge is -2.32. The molecule has 2 aliphatic rings. The molecule has 1 aromatic rings. The van der Waals surface area contributed by atoms with Crippen LogP contribution in [-0.2, 0) is 9.53 Å². The normalized spacial score (nSPS) is 17.3. The molecule has 1 unspecified atom stereocenters. The second kappa shape index (κ2) is 9.16. The van der Waals surface area contributed by atoms with Gasteiger partial charge < -0.3 is 20.1 Å². The van der Waals surface area contributed by atoms with Crippen molar-refractivity contribution < 1.29 is 32.2 Å². The minimum atomic E-state index is -4.79. The zero-order chi connectivity index (χ0) is 21.7. The van der Waals surface area contributed by atoms with Gasteiger partial charge in [-0.05, 0) is 37.0 Å². The van der Waals surface area contributed by atoms with Crippen LogP contribution in [0.4, 0.5) is 18.0 Å². The molecule has 0 spiro atoms. The molecule has 11 heteroatoms. The molecule has 0 aliphatic carbocycles. The van der Waals surface area contributed by atoms with Crippen LogP contribution in [-0.4, -0.2) is 49.7 Å². The number of urea groups is 1. The number of halogens is 3. The lowest BCUT2D eigenvalue weighted by molar-refractivity contribution is -0.274. The second-order valence-corrected chi connectivity index (χ2v) is 6.69. The molecule has 0 aromatic heterocycles. The highest BCUT2D eigenvalue weighted by Gasteiger charge is 2.32. The third-order valence-electron chi connectivity index (χ3n) is 4.52. The van der Waals surface area contributed by atoms with Gasteiger partial charge in [-0.2, -0.15) is 0 Å². The molecule has 0 saturated heterocycles. The van der Waals surface area contributed by atoms with E-state index in [2.05, 4.69) is 20.4 Å². The largest absolute Gasteiger partial charge is 0.573 e. The number of benzene rings is 1. The van der Waals surface area contributed by atoms with Gasteiger partial charge in [-0.15, -0.1) is 13.2 Å². The minimum absolute atomic E-state index is 0.183. The van der Waals surface area contributed by atoms with Crippen molar-refractivity contribution in [3.63, 3.8) is 0 Å². The van der Waals surface area contributed by atoms with Gasteiger partial charge in [0.2, 0.25) is 5.91 Å². The smallest absolute Gasteiger partial charge is 0.406 e. The van der Waals surface area contributed by atoms with Gasteiger partial charge in [-0.1, -0.05) is 12.1 Å². The average molecular weight is 426 g/mol. The summed E-state index contributed by atoms with van der Waals surface area (Å²) in [5.74, 6) is -0.289. The van der Waals surface area contributed by atoms with Gasteiger partial charge in [0.1, 0.15) is 12.3 Å². The Bertz CT molecular complexity index is 852. The van der Waals surface area contributed by atoms with Crippen molar-refractivity contribution in [1.29, 1.82) is 0 Å². The molecule has 0 fully saturated rings. The van der Waals surface area contributed by atoms with Crippen LogP contribution in [0.3, 0.4) is 0 Å². The van der Waals surface area contributed by atoms with E-state index in [0.717, 1.165) is 0 Å². The third kappa shape index (κ3) is 5.50. The number of nitrogens with zero attached hydrogens (tertiary/aromatic N) is 2. The maximum atomic E-state index is 12.9. The highest BCUT2D eigenvalue weighted by molar-refractivity contribution is 5.89. The van der Waals surface area contributed by atoms with Crippen molar-refractivity contribution in [2.24, 2.45) is 4.99 Å². The summed E-state index contributed by atoms with van der Waals surface area (Å²) in [7, 11) is 1.50. The van der Waals surface area contributed by atoms with Gasteiger partial charge >= 0.3 is 12.4 Å². The molecule has 2 N–H and O–H groups in total. The minimum Gasteiger partial charge on any atom is -0.406 e. The monoisotopic (exact) mass is 426 g/mol. The van der Waals surface area contributed by atoms with Gasteiger partial charge in [0.25, 0.3) is 0 Å². The summed E-state index contributed by atoms with van der Waals surface area (Å²) in [5.41, 5.74) is 1.16. The number of methoxy groups -OCH3 is 1.